The van der Waals surface area contributed by atoms with Crippen molar-refractivity contribution < 1.29 is 4.79 Å². The number of hydrogen-bond donors (Lipinski definition) is 2. The van der Waals surface area contributed by atoms with E-state index in [0.29, 0.717) is 29.6 Å². The fourth-order valence-corrected chi connectivity index (χ4v) is 3.24. The number of carbonyl (C=O) groups excluding carboxylic acids is 1. The minimum Gasteiger partial charge on any atom is -0.346 e. The quantitative estimate of drug-likeness (QED) is 0.748. The van der Waals surface area contributed by atoms with Crippen molar-refractivity contribution in [3.63, 3.8) is 0 Å². The van der Waals surface area contributed by atoms with Crippen molar-refractivity contribution in [2.45, 2.75) is 19.3 Å². The predicted octanol–water partition coefficient (Wildman–Crippen LogP) is 1.58. The number of carbonyl (C=O) groups is 1. The highest BCUT2D eigenvalue weighted by molar-refractivity contribution is 6.04. The average Bonchev–Trinajstić information content (AvgIpc) is 3.24. The number of aryl methyl sites for hydroxylation is 1. The van der Waals surface area contributed by atoms with Crippen LogP contribution in [0.3, 0.4) is 0 Å². The zero-order chi connectivity index (χ0) is 16.7. The monoisotopic (exact) mass is 323 g/mol. The third kappa shape index (κ3) is 2.38. The van der Waals surface area contributed by atoms with Gasteiger partial charge in [0.25, 0.3) is 11.5 Å². The van der Waals surface area contributed by atoms with Crippen LogP contribution in [0, 0.1) is 6.92 Å². The summed E-state index contributed by atoms with van der Waals surface area (Å²) in [5.74, 6) is 0.965. The molecule has 3 heterocycles. The Morgan fingerprint density at radius 1 is 1.29 bits per heavy atom. The van der Waals surface area contributed by atoms with Gasteiger partial charge in [0.2, 0.25) is 0 Å². The first-order valence-corrected chi connectivity index (χ1v) is 7.91. The SMILES string of the molecule is Cc1cnc([C@H]2CCN(C(=O)c3n[nH]c(=O)c4ccccc34)C2)[nH]1. The predicted molar refractivity (Wildman–Crippen MR) is 88.9 cm³/mol. The van der Waals surface area contributed by atoms with Crippen molar-refractivity contribution in [3.05, 3.63) is 58.0 Å². The topological polar surface area (TPSA) is 94.7 Å². The second kappa shape index (κ2) is 5.59. The molecule has 2 N–H and O–H groups in total. The van der Waals surface area contributed by atoms with E-state index in [1.807, 2.05) is 6.92 Å². The van der Waals surface area contributed by atoms with Gasteiger partial charge in [-0.2, -0.15) is 5.10 Å². The molecular formula is C17H17N5O2. The van der Waals surface area contributed by atoms with Crippen LogP contribution in [0.15, 0.2) is 35.3 Å². The number of nitrogens with one attached hydrogen (secondary N) is 2. The lowest BCUT2D eigenvalue weighted by Gasteiger charge is -2.16. The maximum atomic E-state index is 12.9. The van der Waals surface area contributed by atoms with Crippen LogP contribution in [0.1, 0.15) is 34.3 Å². The van der Waals surface area contributed by atoms with Gasteiger partial charge in [-0.15, -0.1) is 0 Å². The van der Waals surface area contributed by atoms with Gasteiger partial charge in [0.05, 0.1) is 5.39 Å². The van der Waals surface area contributed by atoms with Gasteiger partial charge in [0.1, 0.15) is 5.82 Å². The highest BCUT2D eigenvalue weighted by atomic mass is 16.2. The number of hydrogen-bond acceptors (Lipinski definition) is 4. The molecule has 1 aliphatic rings. The first kappa shape index (κ1) is 14.6. The molecule has 1 amide bonds. The molecule has 0 bridgehead atoms. The molecule has 1 atom stereocenters. The largest absolute Gasteiger partial charge is 0.346 e. The van der Waals surface area contributed by atoms with Gasteiger partial charge >= 0.3 is 0 Å². The van der Waals surface area contributed by atoms with E-state index >= 15 is 0 Å². The first-order valence-electron chi connectivity index (χ1n) is 7.91. The Morgan fingerprint density at radius 3 is 2.83 bits per heavy atom. The molecule has 0 aliphatic carbocycles. The van der Waals surface area contributed by atoms with Gasteiger partial charge in [0.15, 0.2) is 5.69 Å². The van der Waals surface area contributed by atoms with Gasteiger partial charge in [0, 0.05) is 36.3 Å². The van der Waals surface area contributed by atoms with Gasteiger partial charge in [-0.3, -0.25) is 9.59 Å². The van der Waals surface area contributed by atoms with Gasteiger partial charge in [-0.1, -0.05) is 18.2 Å². The number of rotatable bonds is 2. The van der Waals surface area contributed by atoms with Crippen LogP contribution in [0.4, 0.5) is 0 Å². The van der Waals surface area contributed by atoms with Crippen molar-refractivity contribution >= 4 is 16.7 Å². The lowest BCUT2D eigenvalue weighted by molar-refractivity contribution is 0.0785. The number of fused-ring (bicyclic) bond motifs is 1. The number of imidazole rings is 1. The molecule has 1 saturated heterocycles. The number of H-pyrrole nitrogens is 2. The van der Waals surface area contributed by atoms with E-state index in [1.165, 1.54) is 0 Å². The Bertz CT molecular complexity index is 974. The lowest BCUT2D eigenvalue weighted by Crippen LogP contribution is -2.30. The van der Waals surface area contributed by atoms with Crippen LogP contribution in [0.2, 0.25) is 0 Å². The van der Waals surface area contributed by atoms with E-state index in [1.54, 1.807) is 35.4 Å². The summed E-state index contributed by atoms with van der Waals surface area (Å²) in [5.41, 5.74) is 1.03. The van der Waals surface area contributed by atoms with Gasteiger partial charge < -0.3 is 9.88 Å². The van der Waals surface area contributed by atoms with Crippen LogP contribution in [0.5, 0.6) is 0 Å². The molecule has 122 valence electrons. The smallest absolute Gasteiger partial charge is 0.274 e. The Labute approximate surface area is 137 Å². The Hall–Kier alpha value is -2.96. The van der Waals surface area contributed by atoms with Crippen molar-refractivity contribution in [1.29, 1.82) is 0 Å². The third-order valence-corrected chi connectivity index (χ3v) is 4.48. The lowest BCUT2D eigenvalue weighted by atomic mass is 10.1. The molecular weight excluding hydrogens is 306 g/mol. The van der Waals surface area contributed by atoms with Crippen LogP contribution >= 0.6 is 0 Å². The summed E-state index contributed by atoms with van der Waals surface area (Å²) in [7, 11) is 0. The Kier molecular flexibility index (Phi) is 3.41. The number of likely N-dealkylation sites (tertiary alicyclic amines) is 1. The number of benzene rings is 1. The fraction of sp³-hybridized carbons (Fsp3) is 0.294. The second-order valence-electron chi connectivity index (χ2n) is 6.14. The summed E-state index contributed by atoms with van der Waals surface area (Å²) in [4.78, 5) is 34.1. The normalized spacial score (nSPS) is 17.5. The molecule has 24 heavy (non-hydrogen) atoms. The molecule has 0 radical (unpaired) electrons. The summed E-state index contributed by atoms with van der Waals surface area (Å²) in [5, 5.41) is 7.49. The highest BCUT2D eigenvalue weighted by Gasteiger charge is 2.31. The third-order valence-electron chi connectivity index (χ3n) is 4.48. The van der Waals surface area contributed by atoms with E-state index in [2.05, 4.69) is 20.2 Å². The van der Waals surface area contributed by atoms with E-state index in [9.17, 15) is 9.59 Å². The van der Waals surface area contributed by atoms with Gasteiger partial charge in [-0.05, 0) is 19.4 Å². The van der Waals surface area contributed by atoms with Crippen molar-refractivity contribution in [3.8, 4) is 0 Å². The number of aromatic amines is 2. The zero-order valence-corrected chi connectivity index (χ0v) is 13.2. The zero-order valence-electron chi connectivity index (χ0n) is 13.2. The molecule has 0 saturated carbocycles. The maximum absolute atomic E-state index is 12.9. The number of nitrogens with zero attached hydrogens (tertiary/aromatic N) is 3. The van der Waals surface area contributed by atoms with Crippen LogP contribution in [-0.2, 0) is 0 Å². The number of amides is 1. The summed E-state index contributed by atoms with van der Waals surface area (Å²) < 4.78 is 0. The average molecular weight is 323 g/mol. The highest BCUT2D eigenvalue weighted by Crippen LogP contribution is 2.26. The Balaban J connectivity index is 1.63. The molecule has 4 rings (SSSR count). The second-order valence-corrected chi connectivity index (χ2v) is 6.14. The molecule has 7 nitrogen and oxygen atoms in total. The van der Waals surface area contributed by atoms with Crippen molar-refractivity contribution in [2.24, 2.45) is 0 Å². The van der Waals surface area contributed by atoms with E-state index in [0.717, 1.165) is 17.9 Å². The summed E-state index contributed by atoms with van der Waals surface area (Å²) in [6, 6.07) is 7.04. The van der Waals surface area contributed by atoms with Crippen molar-refractivity contribution in [1.82, 2.24) is 25.1 Å². The molecule has 1 aromatic carbocycles. The van der Waals surface area contributed by atoms with Crippen LogP contribution in [0.25, 0.3) is 10.8 Å². The summed E-state index contributed by atoms with van der Waals surface area (Å²) >= 11 is 0. The van der Waals surface area contributed by atoms with Crippen LogP contribution < -0.4 is 5.56 Å². The minimum atomic E-state index is -0.285. The molecule has 1 aliphatic heterocycles. The number of aromatic nitrogens is 4. The summed E-state index contributed by atoms with van der Waals surface area (Å²) in [6.07, 6.45) is 2.66. The fourth-order valence-electron chi connectivity index (χ4n) is 3.24. The maximum Gasteiger partial charge on any atom is 0.274 e. The minimum absolute atomic E-state index is 0.159. The van der Waals surface area contributed by atoms with Gasteiger partial charge in [-0.25, -0.2) is 10.1 Å². The van der Waals surface area contributed by atoms with Crippen molar-refractivity contribution in [2.75, 3.05) is 13.1 Å². The van der Waals surface area contributed by atoms with Crippen LogP contribution in [-0.4, -0.2) is 44.1 Å². The standard InChI is InChI=1S/C17H17N5O2/c1-10-8-18-15(19-10)11-6-7-22(9-11)17(24)14-12-4-2-3-5-13(12)16(23)21-20-14/h2-5,8,11H,6-7,9H2,1H3,(H,18,19)(H,21,23)/t11-/m0/s1. The summed E-state index contributed by atoms with van der Waals surface area (Å²) in [6.45, 7) is 3.21. The van der Waals surface area contributed by atoms with E-state index in [4.69, 9.17) is 0 Å². The van der Waals surface area contributed by atoms with E-state index < -0.39 is 0 Å². The first-order chi connectivity index (χ1) is 11.6. The molecule has 1 fully saturated rings. The Morgan fingerprint density at radius 2 is 2.08 bits per heavy atom. The van der Waals surface area contributed by atoms with E-state index in [-0.39, 0.29) is 17.4 Å². The molecule has 2 aromatic heterocycles. The molecule has 7 heteroatoms. The molecule has 3 aromatic rings. The molecule has 0 unspecified atom stereocenters. The molecule has 0 spiro atoms.